The summed E-state index contributed by atoms with van der Waals surface area (Å²) in [4.78, 5) is 21.7. The van der Waals surface area contributed by atoms with E-state index >= 15 is 0 Å². The molecule has 1 saturated heterocycles. The van der Waals surface area contributed by atoms with Crippen molar-refractivity contribution in [3.63, 3.8) is 0 Å². The van der Waals surface area contributed by atoms with Crippen molar-refractivity contribution in [1.29, 1.82) is 0 Å². The average Bonchev–Trinajstić information content (AvgIpc) is 2.70. The lowest BCUT2D eigenvalue weighted by Crippen LogP contribution is -2.36. The van der Waals surface area contributed by atoms with Crippen molar-refractivity contribution < 1.29 is 40.6 Å². The van der Waals surface area contributed by atoms with Gasteiger partial charge in [0.05, 0.1) is 5.69 Å². The molecule has 0 spiro atoms. The lowest BCUT2D eigenvalue weighted by Gasteiger charge is -2.25. The minimum absolute atomic E-state index is 0.0305. The summed E-state index contributed by atoms with van der Waals surface area (Å²) in [6, 6.07) is 4.58. The van der Waals surface area contributed by atoms with Crippen LogP contribution in [0.3, 0.4) is 0 Å². The molecule has 0 N–H and O–H groups in total. The fourth-order valence-corrected chi connectivity index (χ4v) is 2.90. The van der Waals surface area contributed by atoms with Crippen molar-refractivity contribution in [2.75, 3.05) is 24.7 Å². The Bertz CT molecular complexity index is 933. The molecule has 0 saturated carbocycles. The molecule has 1 aliphatic heterocycles. The molecular formula is C19H17F6N3O3. The quantitative estimate of drug-likeness (QED) is 0.606. The third kappa shape index (κ3) is 6.46. The third-order valence-corrected chi connectivity index (χ3v) is 4.23. The minimum atomic E-state index is -4.63. The number of aromatic nitrogens is 2. The average molecular weight is 449 g/mol. The number of hydrogen-bond donors (Lipinski definition) is 0. The molecule has 2 aromatic rings. The Morgan fingerprint density at radius 1 is 0.968 bits per heavy atom. The second-order valence-corrected chi connectivity index (χ2v) is 6.71. The molecule has 1 aliphatic rings. The van der Waals surface area contributed by atoms with E-state index in [0.29, 0.717) is 13.0 Å². The van der Waals surface area contributed by atoms with Gasteiger partial charge in [0.25, 0.3) is 0 Å². The van der Waals surface area contributed by atoms with Gasteiger partial charge in [-0.2, -0.15) is 26.3 Å². The highest BCUT2D eigenvalue weighted by atomic mass is 19.4. The topological polar surface area (TPSA) is 64.6 Å². The van der Waals surface area contributed by atoms with Crippen molar-refractivity contribution >= 4 is 11.9 Å². The van der Waals surface area contributed by atoms with Gasteiger partial charge in [0.2, 0.25) is 11.9 Å². The van der Waals surface area contributed by atoms with Gasteiger partial charge in [-0.25, -0.2) is 9.97 Å². The first-order chi connectivity index (χ1) is 14.5. The van der Waals surface area contributed by atoms with Crippen LogP contribution in [0, 0.1) is 0 Å². The normalized spacial score (nSPS) is 15.2. The lowest BCUT2D eigenvalue weighted by molar-refractivity contribution is -0.154. The van der Waals surface area contributed by atoms with Gasteiger partial charge in [0.1, 0.15) is 11.5 Å². The third-order valence-electron chi connectivity index (χ3n) is 4.23. The smallest absolute Gasteiger partial charge is 0.422 e. The molecular weight excluding hydrogens is 432 g/mol. The van der Waals surface area contributed by atoms with Gasteiger partial charge in [-0.15, -0.1) is 0 Å². The van der Waals surface area contributed by atoms with E-state index in [2.05, 4.69) is 14.7 Å². The zero-order valence-electron chi connectivity index (χ0n) is 16.0. The second-order valence-electron chi connectivity index (χ2n) is 6.71. The molecule has 1 aromatic carbocycles. The molecule has 0 aliphatic carbocycles. The molecule has 0 radical (unpaired) electrons. The molecule has 168 valence electrons. The number of carbonyl (C=O) groups is 1. The number of alkyl halides is 6. The number of nitrogens with zero attached hydrogens (tertiary/aromatic N) is 3. The Labute approximate surface area is 172 Å². The van der Waals surface area contributed by atoms with Crippen LogP contribution in [0.5, 0.6) is 11.5 Å². The van der Waals surface area contributed by atoms with Crippen LogP contribution in [0.25, 0.3) is 11.3 Å². The van der Waals surface area contributed by atoms with Gasteiger partial charge in [0.15, 0.2) is 13.2 Å². The first-order valence-corrected chi connectivity index (χ1v) is 9.19. The Kier molecular flexibility index (Phi) is 6.56. The number of ether oxygens (including phenoxy) is 2. The van der Waals surface area contributed by atoms with E-state index in [1.165, 1.54) is 17.2 Å². The molecule has 2 heterocycles. The number of carbonyl (C=O) groups excluding carboxylic acids is 1. The zero-order chi connectivity index (χ0) is 22.6. The summed E-state index contributed by atoms with van der Waals surface area (Å²) in [7, 11) is 0. The Morgan fingerprint density at radius 3 is 2.35 bits per heavy atom. The molecule has 31 heavy (non-hydrogen) atoms. The number of halogens is 6. The SMILES string of the molecule is O=C1CCCCN1c1nccc(-c2cc(OCC(F)(F)F)ccc2OCC(F)(F)F)n1. The second kappa shape index (κ2) is 8.98. The van der Waals surface area contributed by atoms with Crippen molar-refractivity contribution in [3.8, 4) is 22.8 Å². The summed E-state index contributed by atoms with van der Waals surface area (Å²) in [6.45, 7) is -2.80. The largest absolute Gasteiger partial charge is 0.484 e. The van der Waals surface area contributed by atoms with Crippen molar-refractivity contribution in [2.45, 2.75) is 31.6 Å². The number of rotatable bonds is 6. The maximum Gasteiger partial charge on any atom is 0.422 e. The van der Waals surface area contributed by atoms with E-state index in [0.717, 1.165) is 31.0 Å². The van der Waals surface area contributed by atoms with E-state index < -0.39 is 25.6 Å². The summed E-state index contributed by atoms with van der Waals surface area (Å²) < 4.78 is 84.7. The molecule has 1 fully saturated rings. The van der Waals surface area contributed by atoms with Gasteiger partial charge < -0.3 is 9.47 Å². The number of anilines is 1. The molecule has 6 nitrogen and oxygen atoms in total. The van der Waals surface area contributed by atoms with Crippen LogP contribution >= 0.6 is 0 Å². The van der Waals surface area contributed by atoms with E-state index in [1.807, 2.05) is 0 Å². The molecule has 1 aromatic heterocycles. The van der Waals surface area contributed by atoms with Gasteiger partial charge in [-0.05, 0) is 37.1 Å². The van der Waals surface area contributed by atoms with E-state index in [4.69, 9.17) is 4.74 Å². The first-order valence-electron chi connectivity index (χ1n) is 9.19. The maximum absolute atomic E-state index is 12.6. The zero-order valence-corrected chi connectivity index (χ0v) is 16.0. The molecule has 3 rings (SSSR count). The van der Waals surface area contributed by atoms with Crippen LogP contribution in [-0.2, 0) is 4.79 Å². The number of hydrogen-bond acceptors (Lipinski definition) is 5. The van der Waals surface area contributed by atoms with Gasteiger partial charge in [0, 0.05) is 24.7 Å². The van der Waals surface area contributed by atoms with Crippen LogP contribution in [-0.4, -0.2) is 48.0 Å². The fraction of sp³-hybridized carbons (Fsp3) is 0.421. The first kappa shape index (κ1) is 22.6. The van der Waals surface area contributed by atoms with Gasteiger partial charge in [-0.1, -0.05) is 0 Å². The van der Waals surface area contributed by atoms with E-state index in [-0.39, 0.29) is 34.6 Å². The number of amides is 1. The summed E-state index contributed by atoms with van der Waals surface area (Å²) in [5, 5.41) is 0. The van der Waals surface area contributed by atoms with Gasteiger partial charge >= 0.3 is 12.4 Å². The van der Waals surface area contributed by atoms with Crippen LogP contribution in [0.15, 0.2) is 30.5 Å². The number of piperidine rings is 1. The van der Waals surface area contributed by atoms with Crippen LogP contribution < -0.4 is 14.4 Å². The van der Waals surface area contributed by atoms with Gasteiger partial charge in [-0.3, -0.25) is 9.69 Å². The summed E-state index contributed by atoms with van der Waals surface area (Å²) in [5.41, 5.74) is 0.0371. The van der Waals surface area contributed by atoms with Crippen LogP contribution in [0.1, 0.15) is 19.3 Å². The lowest BCUT2D eigenvalue weighted by atomic mass is 10.1. The van der Waals surface area contributed by atoms with Crippen molar-refractivity contribution in [3.05, 3.63) is 30.5 Å². The predicted octanol–water partition coefficient (Wildman–Crippen LogP) is 4.54. The van der Waals surface area contributed by atoms with Crippen molar-refractivity contribution in [2.24, 2.45) is 0 Å². The van der Waals surface area contributed by atoms with Crippen LogP contribution in [0.2, 0.25) is 0 Å². The van der Waals surface area contributed by atoms with Crippen LogP contribution in [0.4, 0.5) is 32.3 Å². The Morgan fingerprint density at radius 2 is 1.68 bits per heavy atom. The fourth-order valence-electron chi connectivity index (χ4n) is 2.90. The molecule has 0 atom stereocenters. The monoisotopic (exact) mass is 449 g/mol. The van der Waals surface area contributed by atoms with E-state index in [9.17, 15) is 31.1 Å². The van der Waals surface area contributed by atoms with E-state index in [1.54, 1.807) is 0 Å². The maximum atomic E-state index is 12.6. The highest BCUT2D eigenvalue weighted by Gasteiger charge is 2.30. The predicted molar refractivity (Wildman–Crippen MR) is 96.8 cm³/mol. The standard InChI is InChI=1S/C19H17F6N3O3/c20-18(21,22)10-30-12-4-5-15(31-11-19(23,24)25)13(9-12)14-6-7-26-17(27-14)28-8-2-1-3-16(28)29/h4-7,9H,1-3,8,10-11H2. The summed E-state index contributed by atoms with van der Waals surface area (Å²) in [6.07, 6.45) is -6.14. The Hall–Kier alpha value is -3.05. The highest BCUT2D eigenvalue weighted by molar-refractivity contribution is 5.92. The molecule has 1 amide bonds. The Balaban J connectivity index is 1.95. The van der Waals surface area contributed by atoms with Crippen molar-refractivity contribution in [1.82, 2.24) is 9.97 Å². The molecule has 12 heteroatoms. The minimum Gasteiger partial charge on any atom is -0.484 e. The molecule has 0 unspecified atom stereocenters. The summed E-state index contributed by atoms with van der Waals surface area (Å²) in [5.74, 6) is -0.642. The number of benzene rings is 1. The molecule has 0 bridgehead atoms. The highest BCUT2D eigenvalue weighted by Crippen LogP contribution is 2.35. The summed E-state index contributed by atoms with van der Waals surface area (Å²) >= 11 is 0.